The van der Waals surface area contributed by atoms with Crippen LogP contribution in [0.2, 0.25) is 0 Å². The molecule has 0 saturated carbocycles. The van der Waals surface area contributed by atoms with E-state index in [-0.39, 0.29) is 24.0 Å². The third kappa shape index (κ3) is 5.05. The third-order valence-electron chi connectivity index (χ3n) is 3.59. The van der Waals surface area contributed by atoms with Gasteiger partial charge in [0.1, 0.15) is 11.6 Å². The van der Waals surface area contributed by atoms with Gasteiger partial charge in [-0.1, -0.05) is 6.07 Å². The molecule has 8 heteroatoms. The number of benzene rings is 1. The second-order valence-electron chi connectivity index (χ2n) is 5.27. The predicted molar refractivity (Wildman–Crippen MR) is 110 cm³/mol. The number of aromatic nitrogens is 3. The number of methoxy groups -OCH3 is 1. The molecular formula is C17H21IN6O. The average Bonchev–Trinajstić information content (AvgIpc) is 3.03. The molecular weight excluding hydrogens is 431 g/mol. The van der Waals surface area contributed by atoms with E-state index in [1.807, 2.05) is 53.1 Å². The van der Waals surface area contributed by atoms with Gasteiger partial charge in [-0.2, -0.15) is 0 Å². The number of nitrogens with two attached hydrogens (primary N) is 1. The Kier molecular flexibility index (Phi) is 6.99. The first kappa shape index (κ1) is 19.0. The Morgan fingerprint density at radius 1 is 1.20 bits per heavy atom. The number of ether oxygens (including phenoxy) is 1. The van der Waals surface area contributed by atoms with Crippen LogP contribution < -0.4 is 15.8 Å². The highest BCUT2D eigenvalue weighted by Crippen LogP contribution is 2.14. The zero-order chi connectivity index (χ0) is 16.8. The van der Waals surface area contributed by atoms with Crippen LogP contribution >= 0.6 is 24.0 Å². The van der Waals surface area contributed by atoms with E-state index in [2.05, 4.69) is 20.5 Å². The molecule has 0 fully saturated rings. The first-order valence-corrected chi connectivity index (χ1v) is 7.76. The van der Waals surface area contributed by atoms with E-state index >= 15 is 0 Å². The van der Waals surface area contributed by atoms with Crippen molar-refractivity contribution in [3.05, 3.63) is 54.5 Å². The monoisotopic (exact) mass is 452 g/mol. The van der Waals surface area contributed by atoms with Gasteiger partial charge in [0.25, 0.3) is 0 Å². The maximum Gasteiger partial charge on any atom is 0.193 e. The fraction of sp³-hybridized carbons (Fsp3) is 0.235. The number of hydrogen-bond acceptors (Lipinski definition) is 4. The number of anilines is 1. The first-order valence-electron chi connectivity index (χ1n) is 7.76. The number of nitrogens with one attached hydrogen (secondary N) is 1. The smallest absolute Gasteiger partial charge is 0.193 e. The number of pyridine rings is 1. The zero-order valence-corrected chi connectivity index (χ0v) is 16.3. The molecule has 2 aromatic heterocycles. The van der Waals surface area contributed by atoms with E-state index in [9.17, 15) is 0 Å². The van der Waals surface area contributed by atoms with Gasteiger partial charge in [-0.3, -0.25) is 9.39 Å². The molecule has 0 saturated heterocycles. The van der Waals surface area contributed by atoms with Crippen LogP contribution in [0.5, 0.6) is 5.75 Å². The molecule has 0 aliphatic carbocycles. The van der Waals surface area contributed by atoms with Gasteiger partial charge in [0, 0.05) is 24.8 Å². The number of halogens is 1. The summed E-state index contributed by atoms with van der Waals surface area (Å²) in [6.45, 7) is 0.622. The molecule has 0 aliphatic heterocycles. The van der Waals surface area contributed by atoms with Crippen LogP contribution in [-0.2, 0) is 6.42 Å². The van der Waals surface area contributed by atoms with E-state index in [0.717, 1.165) is 35.8 Å². The zero-order valence-electron chi connectivity index (χ0n) is 13.9. The van der Waals surface area contributed by atoms with Crippen molar-refractivity contribution in [2.75, 3.05) is 19.0 Å². The van der Waals surface area contributed by atoms with Crippen LogP contribution in [0.4, 0.5) is 5.69 Å². The van der Waals surface area contributed by atoms with Gasteiger partial charge in [0.2, 0.25) is 0 Å². The predicted octanol–water partition coefficient (Wildman–Crippen LogP) is 2.72. The lowest BCUT2D eigenvalue weighted by atomic mass is 10.3. The summed E-state index contributed by atoms with van der Waals surface area (Å²) < 4.78 is 7.11. The lowest BCUT2D eigenvalue weighted by Crippen LogP contribution is -2.22. The first-order chi connectivity index (χ1) is 11.8. The molecule has 0 atom stereocenters. The molecule has 0 bridgehead atoms. The number of fused-ring (bicyclic) bond motifs is 1. The summed E-state index contributed by atoms with van der Waals surface area (Å²) in [5.74, 6) is 2.13. The molecule has 0 aliphatic rings. The van der Waals surface area contributed by atoms with Gasteiger partial charge in [-0.25, -0.2) is 0 Å². The molecule has 3 aromatic rings. The average molecular weight is 452 g/mol. The maximum absolute atomic E-state index is 5.90. The highest BCUT2D eigenvalue weighted by Gasteiger charge is 2.03. The summed E-state index contributed by atoms with van der Waals surface area (Å²) in [7, 11) is 1.64. The summed E-state index contributed by atoms with van der Waals surface area (Å²) in [6, 6.07) is 13.4. The van der Waals surface area contributed by atoms with Crippen molar-refractivity contribution in [1.29, 1.82) is 0 Å². The second-order valence-corrected chi connectivity index (χ2v) is 5.27. The maximum atomic E-state index is 5.90. The fourth-order valence-electron chi connectivity index (χ4n) is 2.36. The van der Waals surface area contributed by atoms with Crippen LogP contribution in [0.1, 0.15) is 12.2 Å². The molecule has 132 valence electrons. The van der Waals surface area contributed by atoms with E-state index in [1.165, 1.54) is 0 Å². The van der Waals surface area contributed by atoms with Gasteiger partial charge in [0.15, 0.2) is 11.6 Å². The van der Waals surface area contributed by atoms with E-state index in [4.69, 9.17) is 10.5 Å². The standard InChI is InChI=1S/C17H20N6O.HI/c1-24-14-9-7-13(8-10-14)20-17(18)19-11-4-6-16-22-21-15-5-2-3-12-23(15)16;/h2-3,5,7-10,12H,4,6,11H2,1H3,(H3,18,19,20);1H. The van der Waals surface area contributed by atoms with Crippen molar-refractivity contribution in [3.8, 4) is 5.75 Å². The van der Waals surface area contributed by atoms with Crippen molar-refractivity contribution >= 4 is 41.3 Å². The Hall–Kier alpha value is -2.36. The normalized spacial score (nSPS) is 11.2. The van der Waals surface area contributed by atoms with Crippen molar-refractivity contribution in [1.82, 2.24) is 14.6 Å². The van der Waals surface area contributed by atoms with E-state index in [1.54, 1.807) is 7.11 Å². The Morgan fingerprint density at radius 3 is 2.76 bits per heavy atom. The van der Waals surface area contributed by atoms with Crippen molar-refractivity contribution in [2.24, 2.45) is 10.7 Å². The molecule has 3 rings (SSSR count). The molecule has 25 heavy (non-hydrogen) atoms. The Morgan fingerprint density at radius 2 is 2.00 bits per heavy atom. The minimum atomic E-state index is 0. The van der Waals surface area contributed by atoms with Gasteiger partial charge in [-0.05, 0) is 42.8 Å². The van der Waals surface area contributed by atoms with Gasteiger partial charge in [0.05, 0.1) is 7.11 Å². The molecule has 0 unspecified atom stereocenters. The van der Waals surface area contributed by atoms with Crippen molar-refractivity contribution in [3.63, 3.8) is 0 Å². The summed E-state index contributed by atoms with van der Waals surface area (Å²) in [5.41, 5.74) is 7.63. The fourth-order valence-corrected chi connectivity index (χ4v) is 2.36. The van der Waals surface area contributed by atoms with Crippen LogP contribution in [0, 0.1) is 0 Å². The Labute approximate surface area is 163 Å². The summed E-state index contributed by atoms with van der Waals surface area (Å²) >= 11 is 0. The number of rotatable bonds is 6. The minimum Gasteiger partial charge on any atom is -0.497 e. The minimum absolute atomic E-state index is 0. The van der Waals surface area contributed by atoms with Crippen LogP contribution in [-0.4, -0.2) is 34.2 Å². The molecule has 0 spiro atoms. The third-order valence-corrected chi connectivity index (χ3v) is 3.59. The number of guanidine groups is 1. The lowest BCUT2D eigenvalue weighted by molar-refractivity contribution is 0.415. The highest BCUT2D eigenvalue weighted by molar-refractivity contribution is 14.0. The van der Waals surface area contributed by atoms with Crippen LogP contribution in [0.25, 0.3) is 5.65 Å². The molecule has 7 nitrogen and oxygen atoms in total. The molecule has 2 heterocycles. The Bertz CT molecular complexity index is 831. The molecule has 0 amide bonds. The van der Waals surface area contributed by atoms with Gasteiger partial charge >= 0.3 is 0 Å². The number of hydrogen-bond donors (Lipinski definition) is 2. The quantitative estimate of drug-likeness (QED) is 0.260. The second kappa shape index (κ2) is 9.21. The van der Waals surface area contributed by atoms with Crippen LogP contribution in [0.3, 0.4) is 0 Å². The van der Waals surface area contributed by atoms with E-state index in [0.29, 0.717) is 12.5 Å². The van der Waals surface area contributed by atoms with E-state index < -0.39 is 0 Å². The van der Waals surface area contributed by atoms with Crippen molar-refractivity contribution in [2.45, 2.75) is 12.8 Å². The van der Waals surface area contributed by atoms with Gasteiger partial charge in [-0.15, -0.1) is 34.2 Å². The molecule has 0 radical (unpaired) electrons. The molecule has 1 aromatic carbocycles. The van der Waals surface area contributed by atoms with Crippen molar-refractivity contribution < 1.29 is 4.74 Å². The number of aliphatic imine (C=N–C) groups is 1. The van der Waals surface area contributed by atoms with Crippen LogP contribution in [0.15, 0.2) is 53.7 Å². The lowest BCUT2D eigenvalue weighted by Gasteiger charge is -2.06. The highest BCUT2D eigenvalue weighted by atomic mass is 127. The summed E-state index contributed by atoms with van der Waals surface area (Å²) in [4.78, 5) is 4.34. The topological polar surface area (TPSA) is 89.8 Å². The SMILES string of the molecule is COc1ccc(NC(N)=NCCCc2nnc3ccccn23)cc1.I. The summed E-state index contributed by atoms with van der Waals surface area (Å²) in [5, 5.41) is 11.4. The Balaban J connectivity index is 0.00000225. The largest absolute Gasteiger partial charge is 0.497 e. The molecule has 3 N–H and O–H groups in total. The number of aryl methyl sites for hydroxylation is 1. The summed E-state index contributed by atoms with van der Waals surface area (Å²) in [6.07, 6.45) is 3.61. The van der Waals surface area contributed by atoms with Gasteiger partial charge < -0.3 is 15.8 Å². The number of nitrogens with zero attached hydrogens (tertiary/aromatic N) is 4.